The maximum Gasteiger partial charge on any atom is 0.530 e. The molecule has 1 aromatic rings. The molecule has 0 heterocycles. The zero-order chi connectivity index (χ0) is 26.0. The number of aliphatic hydroxyl groups is 1. The highest BCUT2D eigenvalue weighted by Gasteiger charge is 2.35. The summed E-state index contributed by atoms with van der Waals surface area (Å²) in [6, 6.07) is 4.88. The van der Waals surface area contributed by atoms with E-state index in [2.05, 4.69) is 5.32 Å². The third-order valence-corrected chi connectivity index (χ3v) is 5.25. The van der Waals surface area contributed by atoms with E-state index < -0.39 is 43.7 Å². The molecule has 2 atom stereocenters. The van der Waals surface area contributed by atoms with Crippen LogP contribution in [0.25, 0.3) is 0 Å². The number of carbonyl (C=O) groups is 2. The summed E-state index contributed by atoms with van der Waals surface area (Å²) >= 11 is 0. The molecule has 0 fully saturated rings. The minimum Gasteiger partial charge on any atom is -0.458 e. The summed E-state index contributed by atoms with van der Waals surface area (Å²) in [6.07, 6.45) is 0.520. The molecule has 1 unspecified atom stereocenters. The van der Waals surface area contributed by atoms with Crippen LogP contribution in [0.1, 0.15) is 66.9 Å². The quantitative estimate of drug-likeness (QED) is 0.236. The number of phosphoric ester groups is 1. The summed E-state index contributed by atoms with van der Waals surface area (Å²) in [7, 11) is -4.19. The van der Waals surface area contributed by atoms with Crippen LogP contribution in [0.4, 0.5) is 4.79 Å². The molecule has 0 radical (unpaired) electrons. The van der Waals surface area contributed by atoms with Crippen molar-refractivity contribution in [3.05, 3.63) is 29.8 Å². The maximum absolute atomic E-state index is 13.3. The van der Waals surface area contributed by atoms with Gasteiger partial charge < -0.3 is 24.4 Å². The van der Waals surface area contributed by atoms with Gasteiger partial charge in [-0.2, -0.15) is 0 Å². The van der Waals surface area contributed by atoms with Crippen molar-refractivity contribution in [2.75, 3.05) is 13.2 Å². The van der Waals surface area contributed by atoms with Gasteiger partial charge in [-0.25, -0.2) is 14.2 Å². The number of aliphatic hydroxyl groups excluding tert-OH is 1. The van der Waals surface area contributed by atoms with Crippen molar-refractivity contribution >= 4 is 19.9 Å². The minimum atomic E-state index is -4.19. The number of unbranched alkanes of at least 4 members (excludes halogenated alkanes) is 1. The second-order valence-corrected chi connectivity index (χ2v) is 11.1. The van der Waals surface area contributed by atoms with E-state index in [0.717, 1.165) is 6.42 Å². The SMILES string of the molecule is CCCCOP(=O)(OC[C@H](NC(=O)OC(C)(C)C)C(=O)OC(C)(C)C)Oc1ccc(CO)cc1. The number of ether oxygens (including phenoxy) is 2. The third-order valence-electron chi connectivity index (χ3n) is 3.85. The van der Waals surface area contributed by atoms with Crippen molar-refractivity contribution in [1.29, 1.82) is 0 Å². The molecule has 0 aliphatic carbocycles. The Morgan fingerprint density at radius 3 is 2.09 bits per heavy atom. The zero-order valence-electron chi connectivity index (χ0n) is 21.1. The van der Waals surface area contributed by atoms with E-state index in [-0.39, 0.29) is 19.0 Å². The number of nitrogens with one attached hydrogen (secondary N) is 1. The first-order chi connectivity index (χ1) is 15.7. The number of phosphoric acid groups is 1. The first-order valence-electron chi connectivity index (χ1n) is 11.2. The van der Waals surface area contributed by atoms with Gasteiger partial charge in [0, 0.05) is 0 Å². The van der Waals surface area contributed by atoms with Crippen LogP contribution in [0, 0.1) is 0 Å². The van der Waals surface area contributed by atoms with Crippen LogP contribution in [0.15, 0.2) is 24.3 Å². The number of amides is 1. The van der Waals surface area contributed by atoms with Crippen molar-refractivity contribution in [3.63, 3.8) is 0 Å². The van der Waals surface area contributed by atoms with Crippen LogP contribution < -0.4 is 9.84 Å². The Balaban J connectivity index is 3.04. The summed E-state index contributed by atoms with van der Waals surface area (Å²) in [5.41, 5.74) is -0.996. The Labute approximate surface area is 201 Å². The molecule has 11 heteroatoms. The second kappa shape index (κ2) is 13.1. The summed E-state index contributed by atoms with van der Waals surface area (Å²) in [5.74, 6) is -0.614. The van der Waals surface area contributed by atoms with E-state index in [0.29, 0.717) is 12.0 Å². The molecular formula is C23H38NO9P. The molecule has 10 nitrogen and oxygen atoms in total. The van der Waals surface area contributed by atoms with Gasteiger partial charge in [0.05, 0.1) is 19.8 Å². The van der Waals surface area contributed by atoms with Crippen molar-refractivity contribution in [1.82, 2.24) is 5.32 Å². The molecule has 1 amide bonds. The lowest BCUT2D eigenvalue weighted by Gasteiger charge is -2.27. The van der Waals surface area contributed by atoms with Gasteiger partial charge in [-0.1, -0.05) is 25.5 Å². The average molecular weight is 504 g/mol. The third kappa shape index (κ3) is 12.4. The van der Waals surface area contributed by atoms with Gasteiger partial charge in [0.25, 0.3) is 0 Å². The number of hydrogen-bond acceptors (Lipinski definition) is 9. The van der Waals surface area contributed by atoms with Gasteiger partial charge in [0.1, 0.15) is 17.0 Å². The monoisotopic (exact) mass is 503 g/mol. The average Bonchev–Trinajstić information content (AvgIpc) is 2.69. The topological polar surface area (TPSA) is 130 Å². The summed E-state index contributed by atoms with van der Waals surface area (Å²) < 4.78 is 40.3. The molecule has 1 aromatic carbocycles. The Bertz CT molecular complexity index is 828. The van der Waals surface area contributed by atoms with Crippen molar-refractivity contribution in [2.24, 2.45) is 0 Å². The summed E-state index contributed by atoms with van der Waals surface area (Å²) in [5, 5.41) is 11.6. The Kier molecular flexibility index (Phi) is 11.5. The van der Waals surface area contributed by atoms with E-state index in [9.17, 15) is 19.3 Å². The largest absolute Gasteiger partial charge is 0.530 e. The highest BCUT2D eigenvalue weighted by Crippen LogP contribution is 2.49. The fraction of sp³-hybridized carbons (Fsp3) is 0.652. The van der Waals surface area contributed by atoms with Crippen LogP contribution in [0.5, 0.6) is 5.75 Å². The lowest BCUT2D eigenvalue weighted by molar-refractivity contribution is -0.158. The van der Waals surface area contributed by atoms with Crippen molar-refractivity contribution < 1.29 is 42.3 Å². The van der Waals surface area contributed by atoms with E-state index in [1.54, 1.807) is 53.7 Å². The molecule has 0 aromatic heterocycles. The highest BCUT2D eigenvalue weighted by molar-refractivity contribution is 7.48. The van der Waals surface area contributed by atoms with E-state index >= 15 is 0 Å². The Hall–Kier alpha value is -2.13. The lowest BCUT2D eigenvalue weighted by Crippen LogP contribution is -2.48. The summed E-state index contributed by atoms with van der Waals surface area (Å²) in [6.45, 7) is 11.4. The Morgan fingerprint density at radius 1 is 1.00 bits per heavy atom. The molecule has 0 saturated carbocycles. The lowest BCUT2D eigenvalue weighted by atomic mass is 10.2. The van der Waals surface area contributed by atoms with E-state index in [4.69, 9.17) is 23.0 Å². The number of rotatable bonds is 12. The molecule has 0 aliphatic rings. The molecule has 34 heavy (non-hydrogen) atoms. The molecular weight excluding hydrogens is 465 g/mol. The Morgan fingerprint density at radius 2 is 1.59 bits per heavy atom. The number of esters is 1. The van der Waals surface area contributed by atoms with Gasteiger partial charge in [-0.3, -0.25) is 9.05 Å². The highest BCUT2D eigenvalue weighted by atomic mass is 31.2. The van der Waals surface area contributed by atoms with E-state index in [1.807, 2.05) is 6.92 Å². The first-order valence-corrected chi connectivity index (χ1v) is 12.6. The second-order valence-electron chi connectivity index (χ2n) is 9.56. The van der Waals surface area contributed by atoms with Crippen LogP contribution in [-0.4, -0.2) is 47.6 Å². The van der Waals surface area contributed by atoms with Crippen LogP contribution in [-0.2, 0) is 34.5 Å². The molecule has 0 aliphatic heterocycles. The molecule has 0 saturated heterocycles. The number of carbonyl (C=O) groups excluding carboxylic acids is 2. The summed E-state index contributed by atoms with van der Waals surface area (Å²) in [4.78, 5) is 25.0. The van der Waals surface area contributed by atoms with E-state index in [1.165, 1.54) is 12.1 Å². The van der Waals surface area contributed by atoms with Gasteiger partial charge in [-0.15, -0.1) is 0 Å². The normalized spacial score (nSPS) is 14.6. The van der Waals surface area contributed by atoms with Crippen LogP contribution in [0.3, 0.4) is 0 Å². The zero-order valence-corrected chi connectivity index (χ0v) is 22.0. The fourth-order valence-corrected chi connectivity index (χ4v) is 3.60. The van der Waals surface area contributed by atoms with Crippen molar-refractivity contribution in [3.8, 4) is 5.75 Å². The standard InChI is InChI=1S/C23H38NO9P/c1-8-9-14-29-34(28,33-18-12-10-17(15-25)11-13-18)30-16-19(20(26)31-22(2,3)4)24-21(27)32-23(5,6)7/h10-13,19,25H,8-9,14-16H2,1-7H3,(H,24,27)/t19-,34?/m0/s1. The fourth-order valence-electron chi connectivity index (χ4n) is 2.35. The molecule has 194 valence electrons. The predicted octanol–water partition coefficient (Wildman–Crippen LogP) is 4.73. The first kappa shape index (κ1) is 29.9. The number of benzene rings is 1. The smallest absolute Gasteiger partial charge is 0.458 e. The molecule has 2 N–H and O–H groups in total. The maximum atomic E-state index is 13.3. The molecule has 0 bridgehead atoms. The van der Waals surface area contributed by atoms with Crippen LogP contribution in [0.2, 0.25) is 0 Å². The van der Waals surface area contributed by atoms with Gasteiger partial charge in [0.15, 0.2) is 6.04 Å². The number of hydrogen-bond donors (Lipinski definition) is 2. The van der Waals surface area contributed by atoms with Crippen molar-refractivity contribution in [2.45, 2.75) is 85.2 Å². The van der Waals surface area contributed by atoms with Gasteiger partial charge in [0.2, 0.25) is 0 Å². The number of alkyl carbamates (subject to hydrolysis) is 1. The van der Waals surface area contributed by atoms with Gasteiger partial charge in [-0.05, 0) is 65.7 Å². The van der Waals surface area contributed by atoms with Crippen LogP contribution >= 0.6 is 7.82 Å². The molecule has 1 rings (SSSR count). The van der Waals surface area contributed by atoms with Gasteiger partial charge >= 0.3 is 19.9 Å². The molecule has 0 spiro atoms. The predicted molar refractivity (Wildman–Crippen MR) is 126 cm³/mol. The minimum absolute atomic E-state index is 0.0963.